The molecule has 0 aromatic heterocycles. The second kappa shape index (κ2) is 7.73. The number of aryl methyl sites for hydroxylation is 1. The molecular weight excluding hydrogens is 314 g/mol. The number of nitro benzene ring substituents is 1. The molecule has 0 heterocycles. The van der Waals surface area contributed by atoms with Crippen molar-refractivity contribution < 1.29 is 19.6 Å². The number of hydrazone groups is 1. The number of carbonyl (C=O) groups excluding carboxylic acids is 1. The van der Waals surface area contributed by atoms with Crippen LogP contribution in [0.15, 0.2) is 47.6 Å². The molecule has 0 aliphatic carbocycles. The van der Waals surface area contributed by atoms with Gasteiger partial charge in [-0.25, -0.2) is 5.43 Å². The van der Waals surface area contributed by atoms with E-state index in [0.29, 0.717) is 5.56 Å². The van der Waals surface area contributed by atoms with Gasteiger partial charge in [0.25, 0.3) is 11.6 Å². The number of phenols is 1. The molecule has 8 nitrogen and oxygen atoms in total. The van der Waals surface area contributed by atoms with Crippen LogP contribution >= 0.6 is 0 Å². The summed E-state index contributed by atoms with van der Waals surface area (Å²) in [7, 11) is 0. The standard InChI is InChI=1S/C16H15N3O5/c1-11-5-6-12(15(20)7-11)9-17-18-16(21)10-24-14-4-2-3-13(8-14)19(22)23/h2-9,20H,10H2,1H3,(H,18,21). The van der Waals surface area contributed by atoms with E-state index in [2.05, 4.69) is 10.5 Å². The minimum absolute atomic E-state index is 0.0563. The van der Waals surface area contributed by atoms with Crippen LogP contribution in [-0.2, 0) is 4.79 Å². The normalized spacial score (nSPS) is 10.5. The van der Waals surface area contributed by atoms with E-state index in [-0.39, 0.29) is 23.8 Å². The summed E-state index contributed by atoms with van der Waals surface area (Å²) in [4.78, 5) is 21.7. The molecule has 2 aromatic rings. The number of phenolic OH excluding ortho intramolecular Hbond substituents is 1. The Hall–Kier alpha value is -3.42. The molecule has 8 heteroatoms. The highest BCUT2D eigenvalue weighted by atomic mass is 16.6. The highest BCUT2D eigenvalue weighted by Crippen LogP contribution is 2.19. The van der Waals surface area contributed by atoms with Gasteiger partial charge in [-0.05, 0) is 30.7 Å². The second-order valence-corrected chi connectivity index (χ2v) is 4.90. The lowest BCUT2D eigenvalue weighted by molar-refractivity contribution is -0.384. The fraction of sp³-hybridized carbons (Fsp3) is 0.125. The van der Waals surface area contributed by atoms with E-state index in [9.17, 15) is 20.0 Å². The molecule has 2 aromatic carbocycles. The molecule has 0 fully saturated rings. The molecule has 0 saturated heterocycles. The number of aromatic hydroxyl groups is 1. The van der Waals surface area contributed by atoms with Gasteiger partial charge < -0.3 is 9.84 Å². The third-order valence-corrected chi connectivity index (χ3v) is 2.98. The maximum absolute atomic E-state index is 11.6. The van der Waals surface area contributed by atoms with Crippen LogP contribution in [0.2, 0.25) is 0 Å². The molecule has 0 saturated carbocycles. The van der Waals surface area contributed by atoms with Gasteiger partial charge in [-0.1, -0.05) is 12.1 Å². The van der Waals surface area contributed by atoms with E-state index in [1.165, 1.54) is 30.5 Å². The Morgan fingerprint density at radius 3 is 2.88 bits per heavy atom. The summed E-state index contributed by atoms with van der Waals surface area (Å²) in [6, 6.07) is 10.6. The maximum atomic E-state index is 11.6. The lowest BCUT2D eigenvalue weighted by atomic mass is 10.1. The number of amides is 1. The number of benzene rings is 2. The summed E-state index contributed by atoms with van der Waals surface area (Å²) in [5.74, 6) is -0.273. The first-order valence-corrected chi connectivity index (χ1v) is 6.94. The van der Waals surface area contributed by atoms with Crippen molar-refractivity contribution in [2.45, 2.75) is 6.92 Å². The highest BCUT2D eigenvalue weighted by Gasteiger charge is 2.08. The number of nitrogens with one attached hydrogen (secondary N) is 1. The monoisotopic (exact) mass is 329 g/mol. The van der Waals surface area contributed by atoms with Crippen molar-refractivity contribution in [1.29, 1.82) is 0 Å². The van der Waals surface area contributed by atoms with E-state index in [1.54, 1.807) is 18.2 Å². The van der Waals surface area contributed by atoms with Gasteiger partial charge in [0.15, 0.2) is 6.61 Å². The Labute approximate surface area is 137 Å². The molecule has 24 heavy (non-hydrogen) atoms. The number of carbonyl (C=O) groups is 1. The van der Waals surface area contributed by atoms with Crippen molar-refractivity contribution in [3.05, 3.63) is 63.7 Å². The molecule has 0 bridgehead atoms. The molecule has 0 spiro atoms. The number of non-ortho nitro benzene ring substituents is 1. The molecule has 1 amide bonds. The number of nitro groups is 1. The topological polar surface area (TPSA) is 114 Å². The van der Waals surface area contributed by atoms with Crippen LogP contribution in [0, 0.1) is 17.0 Å². The molecule has 0 aliphatic heterocycles. The Bertz CT molecular complexity index is 789. The largest absolute Gasteiger partial charge is 0.507 e. The van der Waals surface area contributed by atoms with Crippen LogP contribution < -0.4 is 10.2 Å². The summed E-state index contributed by atoms with van der Waals surface area (Å²) in [5, 5.41) is 24.1. The smallest absolute Gasteiger partial charge is 0.277 e. The van der Waals surface area contributed by atoms with Crippen molar-refractivity contribution in [3.8, 4) is 11.5 Å². The molecule has 0 radical (unpaired) electrons. The molecular formula is C16H15N3O5. The average Bonchev–Trinajstić information content (AvgIpc) is 2.55. The Kier molecular flexibility index (Phi) is 5.45. The predicted molar refractivity (Wildman–Crippen MR) is 87.2 cm³/mol. The van der Waals surface area contributed by atoms with Crippen molar-refractivity contribution >= 4 is 17.8 Å². The van der Waals surface area contributed by atoms with Gasteiger partial charge >= 0.3 is 0 Å². The van der Waals surface area contributed by atoms with Gasteiger partial charge in [0.2, 0.25) is 0 Å². The average molecular weight is 329 g/mol. The molecule has 0 unspecified atom stereocenters. The Morgan fingerprint density at radius 1 is 1.38 bits per heavy atom. The maximum Gasteiger partial charge on any atom is 0.277 e. The summed E-state index contributed by atoms with van der Waals surface area (Å²) >= 11 is 0. The van der Waals surface area contributed by atoms with Crippen LogP contribution in [0.5, 0.6) is 11.5 Å². The van der Waals surface area contributed by atoms with Gasteiger partial charge in [0, 0.05) is 11.6 Å². The van der Waals surface area contributed by atoms with Crippen molar-refractivity contribution in [1.82, 2.24) is 5.43 Å². The van der Waals surface area contributed by atoms with Gasteiger partial charge in [-0.15, -0.1) is 0 Å². The van der Waals surface area contributed by atoms with E-state index >= 15 is 0 Å². The van der Waals surface area contributed by atoms with Crippen LogP contribution in [0.1, 0.15) is 11.1 Å². The number of nitrogens with zero attached hydrogens (tertiary/aromatic N) is 2. The Morgan fingerprint density at radius 2 is 2.17 bits per heavy atom. The van der Waals surface area contributed by atoms with Crippen LogP contribution in [0.4, 0.5) is 5.69 Å². The van der Waals surface area contributed by atoms with E-state index in [4.69, 9.17) is 4.74 Å². The first-order chi connectivity index (χ1) is 11.5. The zero-order valence-corrected chi connectivity index (χ0v) is 12.8. The lowest BCUT2D eigenvalue weighted by Gasteiger charge is -2.04. The molecule has 124 valence electrons. The zero-order chi connectivity index (χ0) is 17.5. The van der Waals surface area contributed by atoms with Crippen molar-refractivity contribution in [2.75, 3.05) is 6.61 Å². The minimum atomic E-state index is -0.550. The number of hydrogen-bond acceptors (Lipinski definition) is 6. The van der Waals surface area contributed by atoms with E-state index in [0.717, 1.165) is 5.56 Å². The third-order valence-electron chi connectivity index (χ3n) is 2.98. The summed E-state index contributed by atoms with van der Waals surface area (Å²) in [5.41, 5.74) is 3.48. The number of rotatable bonds is 6. The van der Waals surface area contributed by atoms with Crippen LogP contribution in [0.25, 0.3) is 0 Å². The molecule has 0 aliphatic rings. The summed E-state index contributed by atoms with van der Waals surface area (Å²) < 4.78 is 5.16. The quantitative estimate of drug-likeness (QED) is 0.479. The van der Waals surface area contributed by atoms with Gasteiger partial charge in [0.05, 0.1) is 17.2 Å². The molecule has 2 N–H and O–H groups in total. The summed E-state index contributed by atoms with van der Waals surface area (Å²) in [6.07, 6.45) is 1.31. The highest BCUT2D eigenvalue weighted by molar-refractivity contribution is 5.85. The van der Waals surface area contributed by atoms with Gasteiger partial charge in [-0.2, -0.15) is 5.10 Å². The van der Waals surface area contributed by atoms with Gasteiger partial charge in [-0.3, -0.25) is 14.9 Å². The number of ether oxygens (including phenoxy) is 1. The first-order valence-electron chi connectivity index (χ1n) is 6.94. The lowest BCUT2D eigenvalue weighted by Crippen LogP contribution is -2.24. The SMILES string of the molecule is Cc1ccc(C=NNC(=O)COc2cccc([N+](=O)[O-])c2)c(O)c1. The third kappa shape index (κ3) is 4.80. The fourth-order valence-electron chi connectivity index (χ4n) is 1.80. The minimum Gasteiger partial charge on any atom is -0.507 e. The van der Waals surface area contributed by atoms with Crippen LogP contribution in [0.3, 0.4) is 0 Å². The van der Waals surface area contributed by atoms with Crippen molar-refractivity contribution in [3.63, 3.8) is 0 Å². The van der Waals surface area contributed by atoms with Crippen molar-refractivity contribution in [2.24, 2.45) is 5.10 Å². The number of hydrogen-bond donors (Lipinski definition) is 2. The fourth-order valence-corrected chi connectivity index (χ4v) is 1.80. The predicted octanol–water partition coefficient (Wildman–Crippen LogP) is 2.14. The Balaban J connectivity index is 1.86. The first kappa shape index (κ1) is 16.9. The summed E-state index contributed by atoms with van der Waals surface area (Å²) in [6.45, 7) is 1.49. The molecule has 0 atom stereocenters. The zero-order valence-electron chi connectivity index (χ0n) is 12.8. The van der Waals surface area contributed by atoms with E-state index < -0.39 is 10.8 Å². The second-order valence-electron chi connectivity index (χ2n) is 4.90. The van der Waals surface area contributed by atoms with Crippen LogP contribution in [-0.4, -0.2) is 28.8 Å². The van der Waals surface area contributed by atoms with E-state index in [1.807, 2.05) is 6.92 Å². The molecule has 2 rings (SSSR count). The van der Waals surface area contributed by atoms with Gasteiger partial charge in [0.1, 0.15) is 11.5 Å².